The van der Waals surface area contributed by atoms with Gasteiger partial charge in [0.1, 0.15) is 0 Å². The van der Waals surface area contributed by atoms with Crippen LogP contribution in [0.15, 0.2) is 0 Å². The van der Waals surface area contributed by atoms with E-state index in [1.807, 2.05) is 0 Å². The first-order chi connectivity index (χ1) is 7.17. The summed E-state index contributed by atoms with van der Waals surface area (Å²) in [4.78, 5) is 2.62. The van der Waals surface area contributed by atoms with Crippen molar-refractivity contribution >= 4 is 0 Å². The van der Waals surface area contributed by atoms with Gasteiger partial charge in [0, 0.05) is 25.8 Å². The van der Waals surface area contributed by atoms with Gasteiger partial charge in [-0.3, -0.25) is 4.90 Å². The third-order valence-electron chi connectivity index (χ3n) is 3.33. The third kappa shape index (κ3) is 4.49. The number of methoxy groups -OCH3 is 1. The summed E-state index contributed by atoms with van der Waals surface area (Å²) in [5, 5.41) is 3.48. The summed E-state index contributed by atoms with van der Waals surface area (Å²) in [6.07, 6.45) is 3.64. The summed E-state index contributed by atoms with van der Waals surface area (Å²) in [5.74, 6) is 0. The summed E-state index contributed by atoms with van der Waals surface area (Å²) in [6, 6.07) is 0. The van der Waals surface area contributed by atoms with E-state index in [0.717, 1.165) is 26.1 Å². The predicted octanol–water partition coefficient (Wildman–Crippen LogP) is 1.49. The van der Waals surface area contributed by atoms with Gasteiger partial charge in [-0.25, -0.2) is 0 Å². The van der Waals surface area contributed by atoms with Gasteiger partial charge in [0.25, 0.3) is 0 Å². The lowest BCUT2D eigenvalue weighted by Crippen LogP contribution is -2.49. The Kier molecular flexibility index (Phi) is 5.58. The lowest BCUT2D eigenvalue weighted by molar-refractivity contribution is 0.0859. The maximum Gasteiger partial charge on any atom is 0.0474 e. The fraction of sp³-hybridized carbons (Fsp3) is 1.00. The van der Waals surface area contributed by atoms with E-state index in [0.29, 0.717) is 5.54 Å². The van der Waals surface area contributed by atoms with Crippen LogP contribution in [0.5, 0.6) is 0 Å². The Morgan fingerprint density at radius 2 is 2.13 bits per heavy atom. The number of nitrogens with zero attached hydrogens (tertiary/aromatic N) is 1. The molecule has 0 atom stereocenters. The first-order valence-corrected chi connectivity index (χ1v) is 6.11. The molecule has 0 radical (unpaired) electrons. The average molecular weight is 214 g/mol. The van der Waals surface area contributed by atoms with Crippen LogP contribution < -0.4 is 5.32 Å². The van der Waals surface area contributed by atoms with Crippen LogP contribution in [0.3, 0.4) is 0 Å². The van der Waals surface area contributed by atoms with Crippen molar-refractivity contribution in [2.75, 3.05) is 39.9 Å². The minimum atomic E-state index is 0.334. The predicted molar refractivity (Wildman–Crippen MR) is 64.2 cm³/mol. The molecule has 0 aromatic carbocycles. The molecule has 0 amide bonds. The second-order valence-electron chi connectivity index (χ2n) is 5.00. The Morgan fingerprint density at radius 3 is 2.87 bits per heavy atom. The maximum atomic E-state index is 5.12. The molecule has 1 heterocycles. The standard InChI is InChI=1S/C12H26N2O/c1-12(2)6-8-13-7-4-9-14(12)10-5-11-15-3/h13H,4-11H2,1-3H3. The molecule has 1 saturated heterocycles. The monoisotopic (exact) mass is 214 g/mol. The molecule has 0 bridgehead atoms. The molecule has 0 aromatic heterocycles. The maximum absolute atomic E-state index is 5.12. The highest BCUT2D eigenvalue weighted by Gasteiger charge is 2.26. The quantitative estimate of drug-likeness (QED) is 0.718. The number of ether oxygens (including phenoxy) is 1. The molecule has 0 spiro atoms. The van der Waals surface area contributed by atoms with Gasteiger partial charge in [-0.2, -0.15) is 0 Å². The number of hydrogen-bond acceptors (Lipinski definition) is 3. The molecule has 1 fully saturated rings. The average Bonchev–Trinajstić information content (AvgIpc) is 2.18. The second-order valence-corrected chi connectivity index (χ2v) is 5.00. The normalized spacial score (nSPS) is 23.4. The molecule has 0 aromatic rings. The van der Waals surface area contributed by atoms with Crippen molar-refractivity contribution in [2.45, 2.75) is 38.6 Å². The summed E-state index contributed by atoms with van der Waals surface area (Å²) < 4.78 is 5.12. The number of nitrogens with one attached hydrogen (secondary N) is 1. The first-order valence-electron chi connectivity index (χ1n) is 6.11. The molecule has 0 unspecified atom stereocenters. The Hall–Kier alpha value is -0.120. The van der Waals surface area contributed by atoms with Crippen LogP contribution in [0.2, 0.25) is 0 Å². The summed E-state index contributed by atoms with van der Waals surface area (Å²) >= 11 is 0. The zero-order valence-electron chi connectivity index (χ0n) is 10.5. The van der Waals surface area contributed by atoms with Crippen LogP contribution in [-0.2, 0) is 4.74 Å². The van der Waals surface area contributed by atoms with Crippen molar-refractivity contribution in [2.24, 2.45) is 0 Å². The van der Waals surface area contributed by atoms with Crippen molar-refractivity contribution in [3.63, 3.8) is 0 Å². The zero-order chi connectivity index (χ0) is 11.1. The van der Waals surface area contributed by atoms with E-state index in [9.17, 15) is 0 Å². The van der Waals surface area contributed by atoms with Gasteiger partial charge in [-0.1, -0.05) is 0 Å². The second kappa shape index (κ2) is 6.46. The molecule has 3 heteroatoms. The molecular weight excluding hydrogens is 188 g/mol. The fourth-order valence-corrected chi connectivity index (χ4v) is 2.19. The Labute approximate surface area is 94.2 Å². The minimum Gasteiger partial charge on any atom is -0.385 e. The third-order valence-corrected chi connectivity index (χ3v) is 3.33. The summed E-state index contributed by atoms with van der Waals surface area (Å²) in [7, 11) is 1.78. The summed E-state index contributed by atoms with van der Waals surface area (Å²) in [6.45, 7) is 10.3. The molecule has 1 aliphatic rings. The van der Waals surface area contributed by atoms with Gasteiger partial charge in [0.05, 0.1) is 0 Å². The van der Waals surface area contributed by atoms with Crippen molar-refractivity contribution < 1.29 is 4.74 Å². The van der Waals surface area contributed by atoms with Gasteiger partial charge >= 0.3 is 0 Å². The Bertz CT molecular complexity index is 171. The topological polar surface area (TPSA) is 24.5 Å². The molecule has 1 rings (SSSR count). The van der Waals surface area contributed by atoms with Crippen LogP contribution >= 0.6 is 0 Å². The van der Waals surface area contributed by atoms with E-state index in [-0.39, 0.29) is 0 Å². The highest BCUT2D eigenvalue weighted by Crippen LogP contribution is 2.20. The van der Waals surface area contributed by atoms with E-state index in [1.165, 1.54) is 25.9 Å². The van der Waals surface area contributed by atoms with Crippen molar-refractivity contribution in [3.05, 3.63) is 0 Å². The van der Waals surface area contributed by atoms with E-state index in [1.54, 1.807) is 7.11 Å². The molecule has 15 heavy (non-hydrogen) atoms. The Morgan fingerprint density at radius 1 is 1.33 bits per heavy atom. The molecule has 90 valence electrons. The van der Waals surface area contributed by atoms with Crippen molar-refractivity contribution in [3.8, 4) is 0 Å². The first kappa shape index (κ1) is 12.9. The summed E-state index contributed by atoms with van der Waals surface area (Å²) in [5.41, 5.74) is 0.334. The molecular formula is C12H26N2O. The van der Waals surface area contributed by atoms with Crippen LogP contribution in [0.4, 0.5) is 0 Å². The molecule has 0 saturated carbocycles. The number of hydrogen-bond donors (Lipinski definition) is 1. The Balaban J connectivity index is 2.40. The van der Waals surface area contributed by atoms with Gasteiger partial charge in [0.15, 0.2) is 0 Å². The van der Waals surface area contributed by atoms with E-state index < -0.39 is 0 Å². The lowest BCUT2D eigenvalue weighted by Gasteiger charge is -2.40. The van der Waals surface area contributed by atoms with Crippen LogP contribution in [0, 0.1) is 0 Å². The number of rotatable bonds is 4. The smallest absolute Gasteiger partial charge is 0.0474 e. The minimum absolute atomic E-state index is 0.334. The van der Waals surface area contributed by atoms with Crippen molar-refractivity contribution in [1.29, 1.82) is 0 Å². The largest absolute Gasteiger partial charge is 0.385 e. The fourth-order valence-electron chi connectivity index (χ4n) is 2.19. The molecule has 0 aliphatic carbocycles. The highest BCUT2D eigenvalue weighted by atomic mass is 16.5. The molecule has 1 N–H and O–H groups in total. The van der Waals surface area contributed by atoms with E-state index >= 15 is 0 Å². The molecule has 1 aliphatic heterocycles. The van der Waals surface area contributed by atoms with Gasteiger partial charge in [-0.15, -0.1) is 0 Å². The van der Waals surface area contributed by atoms with Crippen LogP contribution in [0.25, 0.3) is 0 Å². The van der Waals surface area contributed by atoms with Crippen LogP contribution in [0.1, 0.15) is 33.1 Å². The van der Waals surface area contributed by atoms with E-state index in [2.05, 4.69) is 24.1 Å². The van der Waals surface area contributed by atoms with Crippen molar-refractivity contribution in [1.82, 2.24) is 10.2 Å². The molecule has 3 nitrogen and oxygen atoms in total. The van der Waals surface area contributed by atoms with Gasteiger partial charge < -0.3 is 10.1 Å². The highest BCUT2D eigenvalue weighted by molar-refractivity contribution is 4.84. The van der Waals surface area contributed by atoms with E-state index in [4.69, 9.17) is 4.74 Å². The zero-order valence-corrected chi connectivity index (χ0v) is 10.5. The van der Waals surface area contributed by atoms with Crippen LogP contribution in [-0.4, -0.2) is 50.3 Å². The lowest BCUT2D eigenvalue weighted by atomic mass is 9.96. The van der Waals surface area contributed by atoms with Gasteiger partial charge in [0.2, 0.25) is 0 Å². The SMILES string of the molecule is COCCCN1CCCNCCC1(C)C. The van der Waals surface area contributed by atoms with Gasteiger partial charge in [-0.05, 0) is 52.7 Å².